The van der Waals surface area contributed by atoms with Crippen LogP contribution in [0.1, 0.15) is 50.6 Å². The normalized spacial score (nSPS) is 21.8. The van der Waals surface area contributed by atoms with Gasteiger partial charge in [-0.15, -0.1) is 0 Å². The highest BCUT2D eigenvalue weighted by molar-refractivity contribution is 5.77. The van der Waals surface area contributed by atoms with E-state index in [2.05, 4.69) is 31.1 Å². The van der Waals surface area contributed by atoms with Crippen molar-refractivity contribution in [3.05, 3.63) is 41.6 Å². The van der Waals surface area contributed by atoms with Crippen LogP contribution in [0.4, 0.5) is 5.95 Å². The molecule has 1 fully saturated rings. The molecule has 2 aromatic rings. The minimum atomic E-state index is -0.245. The number of amides is 1. The van der Waals surface area contributed by atoms with E-state index in [1.807, 2.05) is 23.2 Å². The molecule has 7 heteroatoms. The summed E-state index contributed by atoms with van der Waals surface area (Å²) in [5.41, 5.74) is 1.77. The number of aromatic nitrogens is 2. The first-order valence-electron chi connectivity index (χ1n) is 9.83. The first-order chi connectivity index (χ1) is 13.3. The fourth-order valence-electron chi connectivity index (χ4n) is 4.02. The van der Waals surface area contributed by atoms with E-state index in [0.29, 0.717) is 38.7 Å². The molecule has 0 aromatic carbocycles. The van der Waals surface area contributed by atoms with E-state index in [-0.39, 0.29) is 16.7 Å². The van der Waals surface area contributed by atoms with Crippen LogP contribution in [0.3, 0.4) is 0 Å². The van der Waals surface area contributed by atoms with Gasteiger partial charge in [-0.25, -0.2) is 9.97 Å². The van der Waals surface area contributed by atoms with Crippen molar-refractivity contribution in [2.75, 3.05) is 25.0 Å². The summed E-state index contributed by atoms with van der Waals surface area (Å²) in [6.07, 6.45) is 4.91. The van der Waals surface area contributed by atoms with E-state index >= 15 is 0 Å². The first kappa shape index (κ1) is 18.9. The molecule has 1 saturated heterocycles. The van der Waals surface area contributed by atoms with Crippen LogP contribution in [0.5, 0.6) is 0 Å². The smallest absolute Gasteiger partial charge is 0.223 e. The van der Waals surface area contributed by atoms with Crippen molar-refractivity contribution in [3.8, 4) is 0 Å². The number of nitrogens with zero attached hydrogens (tertiary/aromatic N) is 3. The number of hydrogen-bond donors (Lipinski definition) is 1. The Morgan fingerprint density at radius 2 is 2.25 bits per heavy atom. The molecule has 7 nitrogen and oxygen atoms in total. The number of carbonyl (C=O) groups is 1. The minimum absolute atomic E-state index is 0.0150. The molecule has 0 saturated carbocycles. The molecule has 1 spiro atoms. The first-order valence-corrected chi connectivity index (χ1v) is 9.83. The van der Waals surface area contributed by atoms with E-state index in [0.717, 1.165) is 30.0 Å². The van der Waals surface area contributed by atoms with Crippen molar-refractivity contribution in [2.45, 2.75) is 52.2 Å². The zero-order valence-electron chi connectivity index (χ0n) is 16.8. The Kier molecular flexibility index (Phi) is 4.87. The maximum absolute atomic E-state index is 12.7. The van der Waals surface area contributed by atoms with Crippen LogP contribution in [0.25, 0.3) is 0 Å². The van der Waals surface area contributed by atoms with E-state index < -0.39 is 0 Å². The highest BCUT2D eigenvalue weighted by Gasteiger charge is 2.46. The predicted octanol–water partition coefficient (Wildman–Crippen LogP) is 3.12. The van der Waals surface area contributed by atoms with Crippen molar-refractivity contribution in [1.29, 1.82) is 0 Å². The Balaban J connectivity index is 1.52. The summed E-state index contributed by atoms with van der Waals surface area (Å²) in [7, 11) is 0. The van der Waals surface area contributed by atoms with Crippen LogP contribution >= 0.6 is 0 Å². The van der Waals surface area contributed by atoms with Gasteiger partial charge < -0.3 is 19.4 Å². The third-order valence-corrected chi connectivity index (χ3v) is 5.39. The van der Waals surface area contributed by atoms with Gasteiger partial charge in [-0.2, -0.15) is 0 Å². The molecule has 28 heavy (non-hydrogen) atoms. The van der Waals surface area contributed by atoms with Crippen LogP contribution in [0.2, 0.25) is 0 Å². The fraction of sp³-hybridized carbons (Fsp3) is 0.571. The molecule has 150 valence electrons. The number of furan rings is 1. The molecule has 2 aliphatic rings. The predicted molar refractivity (Wildman–Crippen MR) is 105 cm³/mol. The topological polar surface area (TPSA) is 80.5 Å². The molecule has 0 bridgehead atoms. The van der Waals surface area contributed by atoms with Crippen LogP contribution in [0.15, 0.2) is 29.0 Å². The van der Waals surface area contributed by atoms with Gasteiger partial charge >= 0.3 is 0 Å². The number of fused-ring (bicyclic) bond motifs is 2. The Labute approximate surface area is 165 Å². The third kappa shape index (κ3) is 3.90. The van der Waals surface area contributed by atoms with E-state index in [4.69, 9.17) is 14.1 Å². The second-order valence-electron chi connectivity index (χ2n) is 9.08. The van der Waals surface area contributed by atoms with Crippen molar-refractivity contribution in [1.82, 2.24) is 14.9 Å². The molecule has 4 heterocycles. The SMILES string of the molecule is CC(C)(C)CC(=O)N1CC[C@]2(COCc3cnc(NCc4ccco4)nc32)C1. The summed E-state index contributed by atoms with van der Waals surface area (Å²) in [6.45, 7) is 9.34. The Morgan fingerprint density at radius 3 is 3.00 bits per heavy atom. The molecule has 0 radical (unpaired) electrons. The minimum Gasteiger partial charge on any atom is -0.467 e. The molecule has 2 aliphatic heterocycles. The van der Waals surface area contributed by atoms with Crippen LogP contribution in [-0.2, 0) is 28.1 Å². The number of rotatable bonds is 4. The van der Waals surface area contributed by atoms with Gasteiger partial charge in [-0.05, 0) is 24.0 Å². The summed E-state index contributed by atoms with van der Waals surface area (Å²) < 4.78 is 11.2. The summed E-state index contributed by atoms with van der Waals surface area (Å²) in [5, 5.41) is 3.23. The molecule has 2 aromatic heterocycles. The number of nitrogens with one attached hydrogen (secondary N) is 1. The van der Waals surface area contributed by atoms with Crippen molar-refractivity contribution < 1.29 is 13.9 Å². The van der Waals surface area contributed by atoms with Crippen molar-refractivity contribution >= 4 is 11.9 Å². The highest BCUT2D eigenvalue weighted by Crippen LogP contribution is 2.40. The number of hydrogen-bond acceptors (Lipinski definition) is 6. The molecular formula is C21H28N4O3. The number of ether oxygens (including phenoxy) is 1. The largest absolute Gasteiger partial charge is 0.467 e. The van der Waals surface area contributed by atoms with Gasteiger partial charge in [0.25, 0.3) is 0 Å². The molecule has 1 atom stereocenters. The van der Waals surface area contributed by atoms with Crippen molar-refractivity contribution in [3.63, 3.8) is 0 Å². The van der Waals surface area contributed by atoms with E-state index in [1.54, 1.807) is 6.26 Å². The molecular weight excluding hydrogens is 356 g/mol. The standard InChI is InChI=1S/C21H28N4O3/c1-20(2,3)9-17(26)25-7-6-21(13-25)14-27-12-15-10-22-19(24-18(15)21)23-11-16-5-4-8-28-16/h4-5,8,10H,6-7,9,11-14H2,1-3H3,(H,22,23,24)/t21-/m1/s1. The lowest BCUT2D eigenvalue weighted by Gasteiger charge is -2.34. The zero-order valence-corrected chi connectivity index (χ0v) is 16.8. The second kappa shape index (κ2) is 7.20. The van der Waals surface area contributed by atoms with Gasteiger partial charge in [-0.1, -0.05) is 20.8 Å². The maximum Gasteiger partial charge on any atom is 0.223 e. The monoisotopic (exact) mass is 384 g/mol. The van der Waals surface area contributed by atoms with Crippen molar-refractivity contribution in [2.24, 2.45) is 5.41 Å². The Bertz CT molecular complexity index is 844. The van der Waals surface area contributed by atoms with Gasteiger partial charge in [0.15, 0.2) is 0 Å². The third-order valence-electron chi connectivity index (χ3n) is 5.39. The Hall–Kier alpha value is -2.41. The summed E-state index contributed by atoms with van der Waals surface area (Å²) in [4.78, 5) is 24.0. The zero-order chi connectivity index (χ0) is 19.8. The maximum atomic E-state index is 12.7. The molecule has 0 aliphatic carbocycles. The van der Waals surface area contributed by atoms with Gasteiger partial charge in [0.1, 0.15) is 5.76 Å². The quantitative estimate of drug-likeness (QED) is 0.872. The molecule has 1 amide bonds. The average molecular weight is 384 g/mol. The summed E-state index contributed by atoms with van der Waals surface area (Å²) in [5.74, 6) is 1.62. The van der Waals surface area contributed by atoms with Crippen LogP contribution in [-0.4, -0.2) is 40.5 Å². The average Bonchev–Trinajstić information content (AvgIpc) is 3.30. The van der Waals surface area contributed by atoms with Gasteiger partial charge in [0, 0.05) is 31.3 Å². The van der Waals surface area contributed by atoms with E-state index in [9.17, 15) is 4.79 Å². The fourth-order valence-corrected chi connectivity index (χ4v) is 4.02. The molecule has 1 N–H and O–H groups in total. The second-order valence-corrected chi connectivity index (χ2v) is 9.08. The number of likely N-dealkylation sites (tertiary alicyclic amines) is 1. The highest BCUT2D eigenvalue weighted by atomic mass is 16.5. The summed E-state index contributed by atoms with van der Waals surface area (Å²) in [6, 6.07) is 3.77. The lowest BCUT2D eigenvalue weighted by Crippen LogP contribution is -2.42. The van der Waals surface area contributed by atoms with E-state index in [1.165, 1.54) is 0 Å². The molecule has 4 rings (SSSR count). The number of carbonyl (C=O) groups excluding carboxylic acids is 1. The Morgan fingerprint density at radius 1 is 1.39 bits per heavy atom. The van der Waals surface area contributed by atoms with Gasteiger partial charge in [-0.3, -0.25) is 4.79 Å². The molecule has 0 unspecified atom stereocenters. The lowest BCUT2D eigenvalue weighted by molar-refractivity contribution is -0.132. The summed E-state index contributed by atoms with van der Waals surface area (Å²) >= 11 is 0. The number of anilines is 1. The van der Waals surface area contributed by atoms with Gasteiger partial charge in [0.05, 0.1) is 37.1 Å². The van der Waals surface area contributed by atoms with Crippen LogP contribution < -0.4 is 5.32 Å². The van der Waals surface area contributed by atoms with Gasteiger partial charge in [0.2, 0.25) is 11.9 Å². The lowest BCUT2D eigenvalue weighted by atomic mass is 9.80. The van der Waals surface area contributed by atoms with Crippen LogP contribution in [0, 0.1) is 5.41 Å².